The molecule has 0 radical (unpaired) electrons. The topological polar surface area (TPSA) is 0 Å². The van der Waals surface area contributed by atoms with Gasteiger partial charge in [-0.1, -0.05) is 36.1 Å². The number of rotatable bonds is 6. The first-order chi connectivity index (χ1) is 11.6. The molecule has 0 unspecified atom stereocenters. The van der Waals surface area contributed by atoms with Crippen LogP contribution < -0.4 is 0 Å². The van der Waals surface area contributed by atoms with E-state index in [1.165, 1.54) is 12.1 Å². The van der Waals surface area contributed by atoms with Crippen LogP contribution in [0.2, 0.25) is 0 Å². The van der Waals surface area contributed by atoms with Crippen LogP contribution >= 0.6 is 0 Å². The van der Waals surface area contributed by atoms with Gasteiger partial charge < -0.3 is 0 Å². The lowest BCUT2D eigenvalue weighted by molar-refractivity contribution is 0.608. The Morgan fingerprint density at radius 3 is 1.50 bits per heavy atom. The highest BCUT2D eigenvalue weighted by atomic mass is 19.1. The maximum absolute atomic E-state index is 14.0. The van der Waals surface area contributed by atoms with Crippen LogP contribution in [0, 0.1) is 23.5 Å². The molecule has 0 nitrogen and oxygen atoms in total. The fraction of sp³-hybridized carbons (Fsp3) is 0.182. The summed E-state index contributed by atoms with van der Waals surface area (Å²) in [5.41, 5.74) is 2.45. The van der Waals surface area contributed by atoms with Crippen LogP contribution in [-0.2, 0) is 12.8 Å². The predicted molar refractivity (Wildman–Crippen MR) is 95.8 cm³/mol. The average molecular weight is 322 g/mol. The molecule has 0 aliphatic carbocycles. The molecule has 0 amide bonds. The Morgan fingerprint density at radius 1 is 0.750 bits per heavy atom. The summed E-state index contributed by atoms with van der Waals surface area (Å²) >= 11 is 0. The Labute approximate surface area is 142 Å². The third kappa shape index (κ3) is 4.93. The van der Waals surface area contributed by atoms with Crippen LogP contribution in [0.15, 0.2) is 61.7 Å². The number of allylic oxidation sites excluding steroid dienone is 2. The maximum atomic E-state index is 14.0. The molecular weight excluding hydrogens is 302 g/mol. The fourth-order valence-electron chi connectivity index (χ4n) is 2.32. The van der Waals surface area contributed by atoms with E-state index in [0.717, 1.165) is 12.8 Å². The Hall–Kier alpha value is -2.66. The van der Waals surface area contributed by atoms with Crippen molar-refractivity contribution >= 4 is 0 Å². The highest BCUT2D eigenvalue weighted by Crippen LogP contribution is 2.14. The SMILES string of the molecule is C=CCCc1ccc(C#Cc2ccc(CCC=C)c(F)c2)cc1F. The summed E-state index contributed by atoms with van der Waals surface area (Å²) in [6.45, 7) is 7.27. The molecule has 0 bridgehead atoms. The lowest BCUT2D eigenvalue weighted by atomic mass is 10.0. The van der Waals surface area contributed by atoms with Gasteiger partial charge in [-0.25, -0.2) is 8.78 Å². The minimum atomic E-state index is -0.269. The first-order valence-electron chi connectivity index (χ1n) is 7.94. The molecule has 0 N–H and O–H groups in total. The van der Waals surface area contributed by atoms with E-state index in [9.17, 15) is 8.78 Å². The smallest absolute Gasteiger partial charge is 0.127 e. The van der Waals surface area contributed by atoms with Crippen molar-refractivity contribution in [2.75, 3.05) is 0 Å². The zero-order chi connectivity index (χ0) is 17.4. The molecule has 0 fully saturated rings. The molecule has 0 aromatic heterocycles. The summed E-state index contributed by atoms with van der Waals surface area (Å²) in [5, 5.41) is 0. The van der Waals surface area contributed by atoms with E-state index in [2.05, 4.69) is 25.0 Å². The lowest BCUT2D eigenvalue weighted by Gasteiger charge is -2.02. The summed E-state index contributed by atoms with van der Waals surface area (Å²) in [7, 11) is 0. The summed E-state index contributed by atoms with van der Waals surface area (Å²) < 4.78 is 27.9. The first-order valence-corrected chi connectivity index (χ1v) is 7.94. The zero-order valence-corrected chi connectivity index (χ0v) is 13.6. The molecule has 0 saturated carbocycles. The molecular formula is C22H20F2. The second kappa shape index (κ2) is 8.84. The molecule has 0 heterocycles. The molecule has 2 rings (SSSR count). The van der Waals surface area contributed by atoms with E-state index >= 15 is 0 Å². The van der Waals surface area contributed by atoms with Gasteiger partial charge in [0.1, 0.15) is 11.6 Å². The second-order valence-electron chi connectivity index (χ2n) is 5.52. The zero-order valence-electron chi connectivity index (χ0n) is 13.6. The Balaban J connectivity index is 2.14. The van der Waals surface area contributed by atoms with Crippen molar-refractivity contribution in [3.63, 3.8) is 0 Å². The number of aryl methyl sites for hydroxylation is 2. The van der Waals surface area contributed by atoms with Crippen molar-refractivity contribution in [3.8, 4) is 11.8 Å². The molecule has 0 atom stereocenters. The second-order valence-corrected chi connectivity index (χ2v) is 5.52. The lowest BCUT2D eigenvalue weighted by Crippen LogP contribution is -1.92. The largest absolute Gasteiger partial charge is 0.207 e. The minimum absolute atomic E-state index is 0.269. The van der Waals surface area contributed by atoms with Gasteiger partial charge in [0.05, 0.1) is 0 Å². The maximum Gasteiger partial charge on any atom is 0.127 e. The van der Waals surface area contributed by atoms with Crippen LogP contribution in [0.3, 0.4) is 0 Å². The van der Waals surface area contributed by atoms with Crippen LogP contribution in [0.1, 0.15) is 35.1 Å². The number of benzene rings is 2. The summed E-state index contributed by atoms with van der Waals surface area (Å²) in [6.07, 6.45) is 6.25. The highest BCUT2D eigenvalue weighted by molar-refractivity contribution is 5.44. The Morgan fingerprint density at radius 2 is 1.17 bits per heavy atom. The molecule has 0 aliphatic rings. The van der Waals surface area contributed by atoms with Crippen molar-refractivity contribution in [1.82, 2.24) is 0 Å². The third-order valence-corrected chi connectivity index (χ3v) is 3.69. The van der Waals surface area contributed by atoms with Crippen LogP contribution in [0.5, 0.6) is 0 Å². The van der Waals surface area contributed by atoms with Crippen LogP contribution in [0.4, 0.5) is 8.78 Å². The Kier molecular flexibility index (Phi) is 6.51. The van der Waals surface area contributed by atoms with E-state index < -0.39 is 0 Å². The van der Waals surface area contributed by atoms with Gasteiger partial charge >= 0.3 is 0 Å². The van der Waals surface area contributed by atoms with Crippen molar-refractivity contribution in [3.05, 3.63) is 95.6 Å². The first kappa shape index (κ1) is 17.7. The summed E-state index contributed by atoms with van der Waals surface area (Å²) in [4.78, 5) is 0. The third-order valence-electron chi connectivity index (χ3n) is 3.69. The molecule has 0 saturated heterocycles. The summed E-state index contributed by atoms with van der Waals surface area (Å²) in [5.74, 6) is 5.23. The molecule has 2 heteroatoms. The number of halogens is 2. The molecule has 0 spiro atoms. The minimum Gasteiger partial charge on any atom is -0.207 e. The van der Waals surface area contributed by atoms with Gasteiger partial charge in [0, 0.05) is 11.1 Å². The van der Waals surface area contributed by atoms with Crippen molar-refractivity contribution in [1.29, 1.82) is 0 Å². The number of hydrogen-bond donors (Lipinski definition) is 0. The molecule has 2 aromatic carbocycles. The average Bonchev–Trinajstić information content (AvgIpc) is 2.58. The number of hydrogen-bond acceptors (Lipinski definition) is 0. The van der Waals surface area contributed by atoms with E-state index in [0.29, 0.717) is 35.1 Å². The fourth-order valence-corrected chi connectivity index (χ4v) is 2.32. The van der Waals surface area contributed by atoms with Crippen molar-refractivity contribution < 1.29 is 8.78 Å². The van der Waals surface area contributed by atoms with Gasteiger partial charge in [-0.15, -0.1) is 13.2 Å². The standard InChI is InChI=1S/C22H20F2/c1-3-5-7-19-13-11-17(15-21(19)23)9-10-18-12-14-20(8-6-4-2)22(24)16-18/h3-4,11-16H,1-2,5-8H2. The van der Waals surface area contributed by atoms with Gasteiger partial charge in [-0.2, -0.15) is 0 Å². The predicted octanol–water partition coefficient (Wildman–Crippen LogP) is 5.60. The van der Waals surface area contributed by atoms with Gasteiger partial charge in [0.2, 0.25) is 0 Å². The van der Waals surface area contributed by atoms with Crippen molar-refractivity contribution in [2.45, 2.75) is 25.7 Å². The summed E-state index contributed by atoms with van der Waals surface area (Å²) in [6, 6.07) is 9.87. The molecule has 24 heavy (non-hydrogen) atoms. The normalized spacial score (nSPS) is 9.92. The molecule has 122 valence electrons. The Bertz CT molecular complexity index is 726. The van der Waals surface area contributed by atoms with E-state index in [1.54, 1.807) is 36.4 Å². The highest BCUT2D eigenvalue weighted by Gasteiger charge is 2.03. The monoisotopic (exact) mass is 322 g/mol. The van der Waals surface area contributed by atoms with Crippen LogP contribution in [-0.4, -0.2) is 0 Å². The van der Waals surface area contributed by atoms with Gasteiger partial charge in [-0.3, -0.25) is 0 Å². The van der Waals surface area contributed by atoms with Crippen LogP contribution in [0.25, 0.3) is 0 Å². The van der Waals surface area contributed by atoms with Crippen molar-refractivity contribution in [2.24, 2.45) is 0 Å². The van der Waals surface area contributed by atoms with E-state index in [4.69, 9.17) is 0 Å². The quantitative estimate of drug-likeness (QED) is 0.479. The van der Waals surface area contributed by atoms with E-state index in [-0.39, 0.29) is 11.6 Å². The van der Waals surface area contributed by atoms with Gasteiger partial charge in [0.15, 0.2) is 0 Å². The van der Waals surface area contributed by atoms with Gasteiger partial charge in [-0.05, 0) is 61.1 Å². The van der Waals surface area contributed by atoms with E-state index in [1.807, 2.05) is 0 Å². The molecule has 0 aliphatic heterocycles. The van der Waals surface area contributed by atoms with Gasteiger partial charge in [0.25, 0.3) is 0 Å². The molecule has 2 aromatic rings.